The van der Waals surface area contributed by atoms with Crippen molar-refractivity contribution < 1.29 is 18.3 Å². The fourth-order valence-electron chi connectivity index (χ4n) is 2.65. The minimum absolute atomic E-state index is 0.212. The Bertz CT molecular complexity index is 746. The van der Waals surface area contributed by atoms with Gasteiger partial charge in [-0.15, -0.1) is 0 Å². The zero-order valence-corrected chi connectivity index (χ0v) is 14.2. The van der Waals surface area contributed by atoms with E-state index in [1.54, 1.807) is 12.3 Å². The lowest BCUT2D eigenvalue weighted by Gasteiger charge is -2.26. The van der Waals surface area contributed by atoms with Gasteiger partial charge in [0.2, 0.25) is 0 Å². The van der Waals surface area contributed by atoms with Crippen LogP contribution in [0.15, 0.2) is 36.7 Å². The van der Waals surface area contributed by atoms with E-state index in [1.807, 2.05) is 0 Å². The molecule has 1 fully saturated rings. The second kappa shape index (κ2) is 8.68. The van der Waals surface area contributed by atoms with E-state index in [2.05, 4.69) is 20.5 Å². The number of anilines is 2. The van der Waals surface area contributed by atoms with Crippen LogP contribution in [0.4, 0.5) is 20.2 Å². The monoisotopic (exact) mass is 362 g/mol. The van der Waals surface area contributed by atoms with Crippen LogP contribution in [0.25, 0.3) is 0 Å². The molecule has 0 spiro atoms. The van der Waals surface area contributed by atoms with Crippen molar-refractivity contribution in [3.8, 4) is 0 Å². The van der Waals surface area contributed by atoms with Gasteiger partial charge in [0.15, 0.2) is 0 Å². The maximum atomic E-state index is 13.7. The summed E-state index contributed by atoms with van der Waals surface area (Å²) in [5.74, 6) is -2.28. The molecule has 8 heteroatoms. The van der Waals surface area contributed by atoms with Gasteiger partial charge in [-0.1, -0.05) is 6.07 Å². The number of amides is 1. The zero-order chi connectivity index (χ0) is 18.4. The summed E-state index contributed by atoms with van der Waals surface area (Å²) in [4.78, 5) is 18.5. The fraction of sp³-hybridized carbons (Fsp3) is 0.333. The van der Waals surface area contributed by atoms with Crippen LogP contribution < -0.4 is 10.6 Å². The first-order valence-corrected chi connectivity index (χ1v) is 8.38. The van der Waals surface area contributed by atoms with Gasteiger partial charge in [0, 0.05) is 38.6 Å². The Morgan fingerprint density at radius 2 is 1.92 bits per heavy atom. The van der Waals surface area contributed by atoms with Gasteiger partial charge in [0.1, 0.15) is 17.3 Å². The number of aromatic nitrogens is 1. The topological polar surface area (TPSA) is 66.5 Å². The van der Waals surface area contributed by atoms with Crippen molar-refractivity contribution in [3.05, 3.63) is 53.9 Å². The number of carbonyl (C=O) groups is 1. The number of morpholine rings is 1. The van der Waals surface area contributed by atoms with Crippen molar-refractivity contribution in [1.82, 2.24) is 9.88 Å². The second-order valence-corrected chi connectivity index (χ2v) is 5.89. The largest absolute Gasteiger partial charge is 0.382 e. The lowest BCUT2D eigenvalue weighted by atomic mass is 10.2. The number of benzene rings is 1. The molecule has 0 saturated carbocycles. The predicted octanol–water partition coefficient (Wildman–Crippen LogP) is 2.36. The third-order valence-electron chi connectivity index (χ3n) is 4.06. The van der Waals surface area contributed by atoms with Crippen molar-refractivity contribution >= 4 is 17.3 Å². The number of para-hydroxylation sites is 1. The maximum absolute atomic E-state index is 13.7. The summed E-state index contributed by atoms with van der Waals surface area (Å²) in [6.07, 6.45) is 2.95. The van der Waals surface area contributed by atoms with Gasteiger partial charge in [0.25, 0.3) is 5.91 Å². The normalized spacial score (nSPS) is 14.8. The molecule has 138 valence electrons. The van der Waals surface area contributed by atoms with Crippen LogP contribution in [0.2, 0.25) is 0 Å². The first-order chi connectivity index (χ1) is 12.6. The molecule has 6 nitrogen and oxygen atoms in total. The summed E-state index contributed by atoms with van der Waals surface area (Å²) in [6.45, 7) is 4.82. The zero-order valence-electron chi connectivity index (χ0n) is 14.2. The maximum Gasteiger partial charge on any atom is 0.257 e. The molecular formula is C18H20F2N4O2. The Morgan fingerprint density at radius 3 is 2.65 bits per heavy atom. The third kappa shape index (κ3) is 4.74. The summed E-state index contributed by atoms with van der Waals surface area (Å²) in [5, 5.41) is 5.45. The molecule has 1 saturated heterocycles. The van der Waals surface area contributed by atoms with Crippen LogP contribution >= 0.6 is 0 Å². The number of carbonyl (C=O) groups excluding carboxylic acids is 1. The number of nitrogens with one attached hydrogen (secondary N) is 2. The number of pyridine rings is 1. The van der Waals surface area contributed by atoms with E-state index >= 15 is 0 Å². The Morgan fingerprint density at radius 1 is 1.19 bits per heavy atom. The Labute approximate surface area is 150 Å². The number of hydrogen-bond donors (Lipinski definition) is 2. The van der Waals surface area contributed by atoms with E-state index in [1.165, 1.54) is 12.3 Å². The van der Waals surface area contributed by atoms with E-state index in [0.29, 0.717) is 12.2 Å². The highest BCUT2D eigenvalue weighted by molar-refractivity contribution is 6.04. The molecule has 1 amide bonds. The number of halogens is 2. The molecule has 0 atom stereocenters. The Balaban J connectivity index is 1.58. The molecule has 26 heavy (non-hydrogen) atoms. The van der Waals surface area contributed by atoms with Crippen LogP contribution in [0.5, 0.6) is 0 Å². The molecule has 1 aromatic carbocycles. The van der Waals surface area contributed by atoms with Gasteiger partial charge in [-0.05, 0) is 18.2 Å². The van der Waals surface area contributed by atoms with Crippen molar-refractivity contribution in [3.63, 3.8) is 0 Å². The van der Waals surface area contributed by atoms with E-state index in [9.17, 15) is 13.6 Å². The lowest BCUT2D eigenvalue weighted by Crippen LogP contribution is -2.39. The van der Waals surface area contributed by atoms with Crippen molar-refractivity contribution in [2.24, 2.45) is 0 Å². The standard InChI is InChI=1S/C18H20F2N4O2/c19-15-2-1-3-16(20)17(15)23-18(25)13-10-14(12-21-11-13)22-4-5-24-6-8-26-9-7-24/h1-3,10-12,22H,4-9H2,(H,23,25). The van der Waals surface area contributed by atoms with Gasteiger partial charge in [-0.3, -0.25) is 14.7 Å². The summed E-state index contributed by atoms with van der Waals surface area (Å²) in [6, 6.07) is 5.00. The number of hydrogen-bond acceptors (Lipinski definition) is 5. The van der Waals surface area contributed by atoms with Crippen LogP contribution in [0.3, 0.4) is 0 Å². The summed E-state index contributed by atoms with van der Waals surface area (Å²) >= 11 is 0. The molecule has 1 aliphatic rings. The third-order valence-corrected chi connectivity index (χ3v) is 4.06. The smallest absolute Gasteiger partial charge is 0.257 e. The van der Waals surface area contributed by atoms with E-state index < -0.39 is 23.2 Å². The molecule has 0 aliphatic carbocycles. The minimum Gasteiger partial charge on any atom is -0.382 e. The minimum atomic E-state index is -0.828. The quantitative estimate of drug-likeness (QED) is 0.826. The van der Waals surface area contributed by atoms with Crippen molar-refractivity contribution in [2.45, 2.75) is 0 Å². The van der Waals surface area contributed by atoms with E-state index in [-0.39, 0.29) is 5.56 Å². The van der Waals surface area contributed by atoms with Crippen molar-refractivity contribution in [2.75, 3.05) is 50.0 Å². The molecular weight excluding hydrogens is 342 g/mol. The molecule has 1 aromatic heterocycles. The van der Waals surface area contributed by atoms with Crippen LogP contribution in [-0.2, 0) is 4.74 Å². The molecule has 2 aromatic rings. The first-order valence-electron chi connectivity index (χ1n) is 8.38. The van der Waals surface area contributed by atoms with Gasteiger partial charge in [-0.25, -0.2) is 8.78 Å². The van der Waals surface area contributed by atoms with Gasteiger partial charge in [-0.2, -0.15) is 0 Å². The summed E-state index contributed by atoms with van der Waals surface area (Å²) in [5.41, 5.74) is 0.409. The summed E-state index contributed by atoms with van der Waals surface area (Å²) < 4.78 is 32.6. The van der Waals surface area contributed by atoms with Crippen LogP contribution in [0, 0.1) is 11.6 Å². The molecule has 2 heterocycles. The Hall–Kier alpha value is -2.58. The molecule has 3 rings (SSSR count). The second-order valence-electron chi connectivity index (χ2n) is 5.89. The number of rotatable bonds is 6. The van der Waals surface area contributed by atoms with E-state index in [0.717, 1.165) is 45.0 Å². The molecule has 1 aliphatic heterocycles. The van der Waals surface area contributed by atoms with Gasteiger partial charge < -0.3 is 15.4 Å². The van der Waals surface area contributed by atoms with E-state index in [4.69, 9.17) is 4.74 Å². The Kier molecular flexibility index (Phi) is 6.08. The molecule has 0 unspecified atom stereocenters. The molecule has 0 radical (unpaired) electrons. The van der Waals surface area contributed by atoms with Crippen LogP contribution in [0.1, 0.15) is 10.4 Å². The SMILES string of the molecule is O=C(Nc1c(F)cccc1F)c1cncc(NCCN2CCOCC2)c1. The highest BCUT2D eigenvalue weighted by Gasteiger charge is 2.14. The molecule has 2 N–H and O–H groups in total. The van der Waals surface area contributed by atoms with Gasteiger partial charge in [0.05, 0.1) is 24.5 Å². The number of nitrogens with zero attached hydrogens (tertiary/aromatic N) is 2. The average molecular weight is 362 g/mol. The highest BCUT2D eigenvalue weighted by Crippen LogP contribution is 2.19. The average Bonchev–Trinajstić information content (AvgIpc) is 2.66. The van der Waals surface area contributed by atoms with Crippen LogP contribution in [-0.4, -0.2) is 55.2 Å². The predicted molar refractivity (Wildman–Crippen MR) is 94.3 cm³/mol. The van der Waals surface area contributed by atoms with Crippen molar-refractivity contribution in [1.29, 1.82) is 0 Å². The first kappa shape index (κ1) is 18.2. The summed E-state index contributed by atoms with van der Waals surface area (Å²) in [7, 11) is 0. The number of ether oxygens (including phenoxy) is 1. The highest BCUT2D eigenvalue weighted by atomic mass is 19.1. The lowest BCUT2D eigenvalue weighted by molar-refractivity contribution is 0.0398. The molecule has 0 bridgehead atoms. The fourth-order valence-corrected chi connectivity index (χ4v) is 2.65. The van der Waals surface area contributed by atoms with Gasteiger partial charge >= 0.3 is 0 Å².